The molecule has 3 aromatic rings. The van der Waals surface area contributed by atoms with Crippen LogP contribution in [0.4, 0.5) is 4.39 Å². The molecule has 2 heterocycles. The molecule has 4 nitrogen and oxygen atoms in total. The minimum Gasteiger partial charge on any atom is -0.494 e. The van der Waals surface area contributed by atoms with E-state index in [4.69, 9.17) is 4.74 Å². The lowest BCUT2D eigenvalue weighted by Crippen LogP contribution is -1.95. The molecule has 0 spiro atoms. The summed E-state index contributed by atoms with van der Waals surface area (Å²) in [5.41, 5.74) is 2.03. The number of hydrogen-bond donors (Lipinski definition) is 0. The number of methoxy groups -OCH3 is 1. The van der Waals surface area contributed by atoms with Crippen LogP contribution in [0.5, 0.6) is 5.75 Å². The van der Waals surface area contributed by atoms with Crippen LogP contribution < -0.4 is 4.74 Å². The van der Waals surface area contributed by atoms with E-state index in [1.165, 1.54) is 24.8 Å². The molecule has 0 aliphatic rings. The summed E-state index contributed by atoms with van der Waals surface area (Å²) in [6.07, 6.45) is 1.43. The van der Waals surface area contributed by atoms with E-state index in [1.54, 1.807) is 12.1 Å². The molecule has 0 radical (unpaired) electrons. The van der Waals surface area contributed by atoms with Crippen LogP contribution in [0.15, 0.2) is 23.8 Å². The van der Waals surface area contributed by atoms with Crippen molar-refractivity contribution >= 4 is 22.2 Å². The normalized spacial score (nSPS) is 11.3. The lowest BCUT2D eigenvalue weighted by Gasteiger charge is -2.07. The summed E-state index contributed by atoms with van der Waals surface area (Å²) in [4.78, 5) is 12.9. The zero-order valence-corrected chi connectivity index (χ0v) is 12.7. The van der Waals surface area contributed by atoms with Gasteiger partial charge in [-0.1, -0.05) is 13.8 Å². The summed E-state index contributed by atoms with van der Waals surface area (Å²) < 4.78 is 19.6. The Bertz CT molecular complexity index is 801. The van der Waals surface area contributed by atoms with Crippen molar-refractivity contribution in [3.63, 3.8) is 0 Å². The molecule has 0 amide bonds. The smallest absolute Gasteiger partial charge is 0.176 e. The van der Waals surface area contributed by atoms with Gasteiger partial charge in [-0.15, -0.1) is 11.3 Å². The molecule has 6 heteroatoms. The van der Waals surface area contributed by atoms with E-state index >= 15 is 0 Å². The van der Waals surface area contributed by atoms with Crippen LogP contribution in [0.25, 0.3) is 21.6 Å². The minimum atomic E-state index is -0.452. The van der Waals surface area contributed by atoms with Crippen LogP contribution >= 0.6 is 11.3 Å². The number of ether oxygens (including phenoxy) is 1. The molecular weight excluding hydrogens is 289 g/mol. The first-order chi connectivity index (χ1) is 10.1. The number of aromatic nitrogens is 3. The third-order valence-electron chi connectivity index (χ3n) is 3.24. The predicted molar refractivity (Wildman–Crippen MR) is 81.2 cm³/mol. The van der Waals surface area contributed by atoms with E-state index < -0.39 is 5.82 Å². The zero-order chi connectivity index (χ0) is 15.0. The molecule has 0 fully saturated rings. The zero-order valence-electron chi connectivity index (χ0n) is 11.9. The average molecular weight is 303 g/mol. The van der Waals surface area contributed by atoms with Gasteiger partial charge < -0.3 is 4.74 Å². The van der Waals surface area contributed by atoms with Gasteiger partial charge in [-0.3, -0.25) is 0 Å². The second-order valence-electron chi connectivity index (χ2n) is 4.93. The number of halogens is 1. The first kappa shape index (κ1) is 13.9. The van der Waals surface area contributed by atoms with Crippen LogP contribution in [0.2, 0.25) is 0 Å². The Morgan fingerprint density at radius 2 is 2.05 bits per heavy atom. The van der Waals surface area contributed by atoms with Crippen LogP contribution in [0.1, 0.15) is 25.5 Å². The molecule has 108 valence electrons. The van der Waals surface area contributed by atoms with Gasteiger partial charge in [-0.2, -0.15) is 0 Å². The van der Waals surface area contributed by atoms with E-state index in [9.17, 15) is 4.39 Å². The Morgan fingerprint density at radius 3 is 2.71 bits per heavy atom. The Labute approximate surface area is 125 Å². The fraction of sp³-hybridized carbons (Fsp3) is 0.267. The SMILES string of the molecule is COc1ccc2ncnc(-c3nc(C(C)C)cs3)c2c1F. The summed E-state index contributed by atoms with van der Waals surface area (Å²) in [5.74, 6) is 0.0496. The average Bonchev–Trinajstić information content (AvgIpc) is 2.97. The molecule has 0 saturated heterocycles. The monoisotopic (exact) mass is 303 g/mol. The van der Waals surface area contributed by atoms with Gasteiger partial charge in [0.25, 0.3) is 0 Å². The van der Waals surface area contributed by atoms with E-state index in [0.717, 1.165) is 5.69 Å². The Kier molecular flexibility index (Phi) is 3.55. The van der Waals surface area contributed by atoms with Gasteiger partial charge in [-0.25, -0.2) is 19.3 Å². The van der Waals surface area contributed by atoms with Crippen molar-refractivity contribution in [2.24, 2.45) is 0 Å². The van der Waals surface area contributed by atoms with Crippen molar-refractivity contribution in [1.29, 1.82) is 0 Å². The van der Waals surface area contributed by atoms with Gasteiger partial charge in [-0.05, 0) is 18.1 Å². The molecule has 3 rings (SSSR count). The molecule has 21 heavy (non-hydrogen) atoms. The molecule has 2 aromatic heterocycles. The van der Waals surface area contributed by atoms with Gasteiger partial charge in [0.05, 0.1) is 23.7 Å². The highest BCUT2D eigenvalue weighted by Gasteiger charge is 2.17. The van der Waals surface area contributed by atoms with Crippen molar-refractivity contribution in [3.05, 3.63) is 35.4 Å². The maximum absolute atomic E-state index is 14.6. The quantitative estimate of drug-likeness (QED) is 0.733. The highest BCUT2D eigenvalue weighted by atomic mass is 32.1. The summed E-state index contributed by atoms with van der Waals surface area (Å²) in [5, 5.41) is 3.02. The standard InChI is InChI=1S/C15H14FN3OS/c1-8(2)10-6-21-15(19-10)14-12-9(17-7-18-14)4-5-11(20-3)13(12)16/h4-8H,1-3H3. The minimum absolute atomic E-state index is 0.180. The largest absolute Gasteiger partial charge is 0.494 e. The highest BCUT2D eigenvalue weighted by Crippen LogP contribution is 2.34. The Morgan fingerprint density at radius 1 is 1.24 bits per heavy atom. The van der Waals surface area contributed by atoms with Crippen molar-refractivity contribution in [3.8, 4) is 16.5 Å². The topological polar surface area (TPSA) is 47.9 Å². The number of benzene rings is 1. The molecular formula is C15H14FN3OS. The first-order valence-electron chi connectivity index (χ1n) is 6.54. The molecule has 0 N–H and O–H groups in total. The van der Waals surface area contributed by atoms with Crippen LogP contribution in [-0.4, -0.2) is 22.1 Å². The Hall–Kier alpha value is -2.08. The number of fused-ring (bicyclic) bond motifs is 1. The van der Waals surface area contributed by atoms with Crippen LogP contribution in [0.3, 0.4) is 0 Å². The predicted octanol–water partition coefficient (Wildman–Crippen LogP) is 4.02. The van der Waals surface area contributed by atoms with Crippen LogP contribution in [-0.2, 0) is 0 Å². The third kappa shape index (κ3) is 2.35. The van der Waals surface area contributed by atoms with E-state index in [2.05, 4.69) is 28.8 Å². The molecule has 0 unspecified atom stereocenters. The van der Waals surface area contributed by atoms with E-state index in [1.807, 2.05) is 5.38 Å². The molecule has 0 aliphatic carbocycles. The molecule has 0 saturated carbocycles. The van der Waals surface area contributed by atoms with Gasteiger partial charge in [0.15, 0.2) is 11.6 Å². The summed E-state index contributed by atoms with van der Waals surface area (Å²) in [7, 11) is 1.44. The van der Waals surface area contributed by atoms with Gasteiger partial charge in [0.2, 0.25) is 0 Å². The maximum Gasteiger partial charge on any atom is 0.176 e. The van der Waals surface area contributed by atoms with Crippen LogP contribution in [0, 0.1) is 5.82 Å². The first-order valence-corrected chi connectivity index (χ1v) is 7.42. The second-order valence-corrected chi connectivity index (χ2v) is 5.79. The molecule has 0 bridgehead atoms. The van der Waals surface area contributed by atoms with E-state index in [0.29, 0.717) is 27.5 Å². The Balaban J connectivity index is 2.26. The number of rotatable bonds is 3. The number of hydrogen-bond acceptors (Lipinski definition) is 5. The second kappa shape index (κ2) is 5.37. The van der Waals surface area contributed by atoms with Gasteiger partial charge in [0, 0.05) is 5.38 Å². The molecule has 1 aromatic carbocycles. The summed E-state index contributed by atoms with van der Waals surface area (Å²) >= 11 is 1.46. The fourth-order valence-electron chi connectivity index (χ4n) is 2.07. The lowest BCUT2D eigenvalue weighted by molar-refractivity contribution is 0.389. The van der Waals surface area contributed by atoms with Gasteiger partial charge >= 0.3 is 0 Å². The number of thiazole rings is 1. The van der Waals surface area contributed by atoms with Crippen molar-refractivity contribution in [1.82, 2.24) is 15.0 Å². The maximum atomic E-state index is 14.6. The fourth-order valence-corrected chi connectivity index (χ4v) is 3.05. The molecule has 0 aliphatic heterocycles. The van der Waals surface area contributed by atoms with Crippen molar-refractivity contribution < 1.29 is 9.13 Å². The van der Waals surface area contributed by atoms with E-state index in [-0.39, 0.29) is 5.75 Å². The lowest BCUT2D eigenvalue weighted by atomic mass is 10.1. The van der Waals surface area contributed by atoms with Gasteiger partial charge in [0.1, 0.15) is 17.0 Å². The summed E-state index contributed by atoms with van der Waals surface area (Å²) in [6, 6.07) is 3.29. The van der Waals surface area contributed by atoms with Crippen molar-refractivity contribution in [2.75, 3.05) is 7.11 Å². The third-order valence-corrected chi connectivity index (χ3v) is 4.11. The van der Waals surface area contributed by atoms with Crippen molar-refractivity contribution in [2.45, 2.75) is 19.8 Å². The molecule has 0 atom stereocenters. The highest BCUT2D eigenvalue weighted by molar-refractivity contribution is 7.13. The number of nitrogens with zero attached hydrogens (tertiary/aromatic N) is 3. The summed E-state index contributed by atoms with van der Waals surface area (Å²) in [6.45, 7) is 4.14.